The van der Waals surface area contributed by atoms with E-state index >= 15 is 0 Å². The fraction of sp³-hybridized carbons (Fsp3) is 0.500. The zero-order valence-electron chi connectivity index (χ0n) is 17.3. The first-order valence-corrected chi connectivity index (χ1v) is 10.2. The molecule has 3 aliphatic rings. The molecule has 4 rings (SSSR count). The minimum Gasteiger partial charge on any atom is -0.380 e. The van der Waals surface area contributed by atoms with Gasteiger partial charge in [0.05, 0.1) is 18.4 Å². The molecule has 0 aromatic heterocycles. The third-order valence-electron chi connectivity index (χ3n) is 6.28. The molecule has 30 heavy (non-hydrogen) atoms. The summed E-state index contributed by atoms with van der Waals surface area (Å²) in [5.41, 5.74) is 2.26. The van der Waals surface area contributed by atoms with Crippen molar-refractivity contribution in [3.05, 3.63) is 47.5 Å². The van der Waals surface area contributed by atoms with Crippen LogP contribution in [0.1, 0.15) is 17.5 Å². The number of fused-ring (bicyclic) bond motifs is 5. The van der Waals surface area contributed by atoms with Gasteiger partial charge in [-0.25, -0.2) is 0 Å². The van der Waals surface area contributed by atoms with E-state index in [2.05, 4.69) is 33.8 Å². The van der Waals surface area contributed by atoms with Gasteiger partial charge >= 0.3 is 0 Å². The predicted octanol–water partition coefficient (Wildman–Crippen LogP) is 1.92. The second-order valence-electron chi connectivity index (χ2n) is 7.88. The number of hydrogen-bond acceptors (Lipinski definition) is 4. The summed E-state index contributed by atoms with van der Waals surface area (Å²) >= 11 is 0. The number of allylic oxidation sites excluding steroid dienone is 2. The fourth-order valence-electron chi connectivity index (χ4n) is 4.90. The molecule has 1 aromatic carbocycles. The minimum absolute atomic E-state index is 0. The largest absolute Gasteiger partial charge is 0.380 e. The molecule has 0 radical (unpaired) electrons. The Balaban J connectivity index is 0.00000256. The number of benzene rings is 1. The number of hydrogen-bond donors (Lipinski definition) is 2. The van der Waals surface area contributed by atoms with Gasteiger partial charge in [-0.3, -0.25) is 19.5 Å². The number of aliphatic imine (C=N–C) groups is 1. The molecule has 1 saturated carbocycles. The van der Waals surface area contributed by atoms with Crippen LogP contribution in [-0.2, 0) is 27.5 Å². The summed E-state index contributed by atoms with van der Waals surface area (Å²) in [6, 6.07) is 8.08. The van der Waals surface area contributed by atoms with Gasteiger partial charge in [-0.1, -0.05) is 36.4 Å². The minimum atomic E-state index is -0.132. The Kier molecular flexibility index (Phi) is 7.51. The third-order valence-corrected chi connectivity index (χ3v) is 6.28. The highest BCUT2D eigenvalue weighted by molar-refractivity contribution is 14.0. The lowest BCUT2D eigenvalue weighted by Crippen LogP contribution is -2.43. The Hall–Kier alpha value is -1.94. The number of methoxy groups -OCH3 is 1. The fourth-order valence-corrected chi connectivity index (χ4v) is 4.90. The number of carbonyl (C=O) groups is 2. The monoisotopic (exact) mass is 524 g/mol. The van der Waals surface area contributed by atoms with E-state index in [1.807, 2.05) is 18.2 Å². The number of carbonyl (C=O) groups excluding carboxylic acids is 2. The third kappa shape index (κ3) is 4.25. The van der Waals surface area contributed by atoms with Gasteiger partial charge in [0.15, 0.2) is 5.96 Å². The maximum Gasteiger partial charge on any atom is 0.233 e. The number of guanidine groups is 1. The van der Waals surface area contributed by atoms with Gasteiger partial charge in [0.25, 0.3) is 0 Å². The second-order valence-corrected chi connectivity index (χ2v) is 7.88. The van der Waals surface area contributed by atoms with Crippen LogP contribution in [0.15, 0.2) is 41.4 Å². The first-order chi connectivity index (χ1) is 14.1. The Labute approximate surface area is 194 Å². The van der Waals surface area contributed by atoms with Crippen LogP contribution in [0.3, 0.4) is 0 Å². The average molecular weight is 524 g/mol. The molecule has 2 fully saturated rings. The summed E-state index contributed by atoms with van der Waals surface area (Å²) in [5.74, 6) is 0.866. The van der Waals surface area contributed by atoms with E-state index in [1.54, 1.807) is 14.2 Å². The molecule has 7 nitrogen and oxygen atoms in total. The molecule has 1 aliphatic heterocycles. The van der Waals surface area contributed by atoms with E-state index in [0.717, 1.165) is 17.5 Å². The van der Waals surface area contributed by atoms with Crippen LogP contribution < -0.4 is 10.6 Å². The number of rotatable bonds is 7. The molecule has 162 valence electrons. The maximum atomic E-state index is 12.7. The molecule has 1 aromatic rings. The van der Waals surface area contributed by atoms with Crippen molar-refractivity contribution >= 4 is 41.8 Å². The molecule has 2 bridgehead atoms. The molecule has 4 unspecified atom stereocenters. The van der Waals surface area contributed by atoms with Gasteiger partial charge < -0.3 is 15.4 Å². The average Bonchev–Trinajstić information content (AvgIpc) is 3.41. The topological polar surface area (TPSA) is 83.0 Å². The van der Waals surface area contributed by atoms with Crippen LogP contribution in [0.25, 0.3) is 0 Å². The highest BCUT2D eigenvalue weighted by Crippen LogP contribution is 2.52. The van der Waals surface area contributed by atoms with Crippen LogP contribution in [0.4, 0.5) is 0 Å². The van der Waals surface area contributed by atoms with Crippen LogP contribution in [0.5, 0.6) is 0 Å². The van der Waals surface area contributed by atoms with Crippen molar-refractivity contribution in [2.75, 3.05) is 27.2 Å². The van der Waals surface area contributed by atoms with Gasteiger partial charge in [0, 0.05) is 33.8 Å². The highest BCUT2D eigenvalue weighted by Gasteiger charge is 2.58. The summed E-state index contributed by atoms with van der Waals surface area (Å²) < 4.78 is 5.25. The van der Waals surface area contributed by atoms with Crippen molar-refractivity contribution in [1.82, 2.24) is 15.5 Å². The van der Waals surface area contributed by atoms with Crippen LogP contribution in [0.2, 0.25) is 0 Å². The van der Waals surface area contributed by atoms with Crippen molar-refractivity contribution in [2.45, 2.75) is 19.6 Å². The molecule has 2 aliphatic carbocycles. The molecular formula is C22H29IN4O3. The Morgan fingerprint density at radius 1 is 1.10 bits per heavy atom. The van der Waals surface area contributed by atoms with E-state index in [0.29, 0.717) is 32.2 Å². The number of ether oxygens (including phenoxy) is 1. The quantitative estimate of drug-likeness (QED) is 0.187. The second kappa shape index (κ2) is 9.91. The normalized spacial score (nSPS) is 26.7. The van der Waals surface area contributed by atoms with E-state index in [4.69, 9.17) is 4.74 Å². The Bertz CT molecular complexity index is 827. The molecule has 1 heterocycles. The first-order valence-electron chi connectivity index (χ1n) is 10.2. The number of amides is 2. The molecule has 0 spiro atoms. The van der Waals surface area contributed by atoms with Gasteiger partial charge in [0.2, 0.25) is 11.8 Å². The van der Waals surface area contributed by atoms with E-state index < -0.39 is 0 Å². The predicted molar refractivity (Wildman–Crippen MR) is 125 cm³/mol. The lowest BCUT2D eigenvalue weighted by atomic mass is 9.85. The number of halogens is 1. The summed E-state index contributed by atoms with van der Waals surface area (Å²) in [4.78, 5) is 31.1. The lowest BCUT2D eigenvalue weighted by molar-refractivity contribution is -0.140. The summed E-state index contributed by atoms with van der Waals surface area (Å²) in [6.45, 7) is 2.01. The molecular weight excluding hydrogens is 495 g/mol. The SMILES string of the molecule is CN=C(NCCN1C(=O)C2C3C=CC(C3)C2C1=O)NCc1ccccc1COC.I. The maximum absolute atomic E-state index is 12.7. The number of likely N-dealkylation sites (tertiary alicyclic amines) is 1. The summed E-state index contributed by atoms with van der Waals surface area (Å²) in [6.07, 6.45) is 5.19. The lowest BCUT2D eigenvalue weighted by Gasteiger charge is -2.19. The van der Waals surface area contributed by atoms with Crippen LogP contribution in [-0.4, -0.2) is 49.9 Å². The van der Waals surface area contributed by atoms with Gasteiger partial charge in [-0.2, -0.15) is 0 Å². The van der Waals surface area contributed by atoms with E-state index in [1.165, 1.54) is 4.90 Å². The standard InChI is InChI=1S/C22H28N4O3.HI/c1-23-22(25-12-16-5-3-4-6-17(16)13-29-2)24-9-10-26-20(27)18-14-7-8-15(11-14)19(18)21(26)28;/h3-8,14-15,18-19H,9-13H2,1-2H3,(H2,23,24,25);1H. The summed E-state index contributed by atoms with van der Waals surface area (Å²) in [5, 5.41) is 6.49. The van der Waals surface area contributed by atoms with Crippen molar-refractivity contribution in [3.8, 4) is 0 Å². The van der Waals surface area contributed by atoms with Crippen LogP contribution in [0, 0.1) is 23.7 Å². The summed E-state index contributed by atoms with van der Waals surface area (Å²) in [7, 11) is 3.39. The van der Waals surface area contributed by atoms with Gasteiger partial charge in [-0.05, 0) is 29.4 Å². The van der Waals surface area contributed by atoms with Gasteiger partial charge in [-0.15, -0.1) is 24.0 Å². The molecule has 2 amide bonds. The first kappa shape index (κ1) is 22.7. The van der Waals surface area contributed by atoms with Crippen molar-refractivity contribution in [3.63, 3.8) is 0 Å². The van der Waals surface area contributed by atoms with Gasteiger partial charge in [0.1, 0.15) is 0 Å². The Morgan fingerprint density at radius 2 is 1.73 bits per heavy atom. The Morgan fingerprint density at radius 3 is 2.33 bits per heavy atom. The zero-order valence-corrected chi connectivity index (χ0v) is 19.7. The van der Waals surface area contributed by atoms with Crippen LogP contribution >= 0.6 is 24.0 Å². The van der Waals surface area contributed by atoms with Crippen molar-refractivity contribution < 1.29 is 14.3 Å². The highest BCUT2D eigenvalue weighted by atomic mass is 127. The number of nitrogens with one attached hydrogen (secondary N) is 2. The number of nitrogens with zero attached hydrogens (tertiary/aromatic N) is 2. The number of imide groups is 1. The zero-order chi connectivity index (χ0) is 20.4. The van der Waals surface area contributed by atoms with Crippen molar-refractivity contribution in [1.29, 1.82) is 0 Å². The molecule has 1 saturated heterocycles. The van der Waals surface area contributed by atoms with Crippen molar-refractivity contribution in [2.24, 2.45) is 28.7 Å². The molecule has 4 atom stereocenters. The van der Waals surface area contributed by atoms with E-state index in [9.17, 15) is 9.59 Å². The molecule has 8 heteroatoms. The molecule has 2 N–H and O–H groups in total. The smallest absolute Gasteiger partial charge is 0.233 e. The van der Waals surface area contributed by atoms with E-state index in [-0.39, 0.29) is 59.5 Å².